The molecule has 2 nitrogen and oxygen atoms in total. The van der Waals surface area contributed by atoms with E-state index >= 15 is 0 Å². The van der Waals surface area contributed by atoms with Gasteiger partial charge in [-0.3, -0.25) is 0 Å². The maximum absolute atomic E-state index is 12.3. The first-order chi connectivity index (χ1) is 5.84. The Hall–Kier alpha value is -0.240. The van der Waals surface area contributed by atoms with Crippen LogP contribution in [-0.4, -0.2) is 4.98 Å². The molecule has 0 fully saturated rings. The summed E-state index contributed by atoms with van der Waals surface area (Å²) >= 11 is 6.81. The third kappa shape index (κ3) is 2.16. The molecule has 0 aliphatic heterocycles. The molecule has 0 saturated carbocycles. The molecule has 0 saturated heterocycles. The van der Waals surface area contributed by atoms with E-state index in [1.54, 1.807) is 0 Å². The molecule has 0 aliphatic carbocycles. The number of anilines is 1. The number of alkyl halides is 3. The largest absolute Gasteiger partial charge is 0.419 e. The molecule has 0 unspecified atom stereocenters. The molecule has 1 rings (SSSR count). The standard InChI is InChI=1S/C6H3ClF3IN2/c7-2-1-13-5(12)4(11)3(2)6(8,9)10/h1H,(H2,12,13). The van der Waals surface area contributed by atoms with Crippen molar-refractivity contribution in [1.82, 2.24) is 4.98 Å². The van der Waals surface area contributed by atoms with Crippen molar-refractivity contribution in [3.05, 3.63) is 20.4 Å². The summed E-state index contributed by atoms with van der Waals surface area (Å²) < 4.78 is 36.8. The van der Waals surface area contributed by atoms with E-state index < -0.39 is 16.8 Å². The number of rotatable bonds is 0. The van der Waals surface area contributed by atoms with Gasteiger partial charge in [-0.15, -0.1) is 0 Å². The van der Waals surface area contributed by atoms with Crippen molar-refractivity contribution in [2.75, 3.05) is 5.73 Å². The number of halogens is 5. The van der Waals surface area contributed by atoms with Crippen LogP contribution in [0.15, 0.2) is 6.20 Å². The third-order valence-electron chi connectivity index (χ3n) is 1.28. The Bertz CT molecular complexity index is 339. The highest BCUT2D eigenvalue weighted by molar-refractivity contribution is 14.1. The van der Waals surface area contributed by atoms with E-state index in [9.17, 15) is 13.2 Å². The number of hydrogen-bond donors (Lipinski definition) is 1. The summed E-state index contributed by atoms with van der Waals surface area (Å²) in [6.45, 7) is 0. The lowest BCUT2D eigenvalue weighted by atomic mass is 10.2. The molecule has 2 N–H and O–H groups in total. The second-order valence-electron chi connectivity index (χ2n) is 2.18. The molecule has 1 aromatic heterocycles. The number of aromatic nitrogens is 1. The summed E-state index contributed by atoms with van der Waals surface area (Å²) in [4.78, 5) is 3.49. The molecule has 0 aliphatic rings. The van der Waals surface area contributed by atoms with Crippen LogP contribution in [0.4, 0.5) is 19.0 Å². The van der Waals surface area contributed by atoms with Crippen molar-refractivity contribution in [2.45, 2.75) is 6.18 Å². The quantitative estimate of drug-likeness (QED) is 0.746. The minimum absolute atomic E-state index is 0.169. The molecular formula is C6H3ClF3IN2. The van der Waals surface area contributed by atoms with E-state index in [0.29, 0.717) is 0 Å². The van der Waals surface area contributed by atoms with Gasteiger partial charge in [-0.1, -0.05) is 11.6 Å². The molecule has 0 spiro atoms. The Morgan fingerprint density at radius 2 is 2.00 bits per heavy atom. The van der Waals surface area contributed by atoms with Gasteiger partial charge in [0.25, 0.3) is 0 Å². The Balaban J connectivity index is 3.43. The Labute approximate surface area is 90.4 Å². The van der Waals surface area contributed by atoms with Crippen molar-refractivity contribution in [1.29, 1.82) is 0 Å². The highest BCUT2D eigenvalue weighted by atomic mass is 127. The second-order valence-corrected chi connectivity index (χ2v) is 3.66. The topological polar surface area (TPSA) is 38.9 Å². The average molecular weight is 322 g/mol. The van der Waals surface area contributed by atoms with Gasteiger partial charge >= 0.3 is 6.18 Å². The first kappa shape index (κ1) is 10.8. The van der Waals surface area contributed by atoms with Gasteiger partial charge in [0, 0.05) is 6.20 Å². The van der Waals surface area contributed by atoms with Gasteiger partial charge in [-0.05, 0) is 22.6 Å². The molecule has 0 radical (unpaired) electrons. The summed E-state index contributed by atoms with van der Waals surface area (Å²) in [5, 5.41) is -0.439. The zero-order valence-corrected chi connectivity index (χ0v) is 8.91. The van der Waals surface area contributed by atoms with Crippen LogP contribution in [0.5, 0.6) is 0 Å². The molecule has 0 atom stereocenters. The van der Waals surface area contributed by atoms with Gasteiger partial charge < -0.3 is 5.73 Å². The number of nitrogen functional groups attached to an aromatic ring is 1. The lowest BCUT2D eigenvalue weighted by Gasteiger charge is -2.11. The summed E-state index contributed by atoms with van der Waals surface area (Å²) in [6.07, 6.45) is -3.60. The monoisotopic (exact) mass is 322 g/mol. The van der Waals surface area contributed by atoms with Crippen molar-refractivity contribution < 1.29 is 13.2 Å². The maximum Gasteiger partial charge on any atom is 0.419 e. The predicted octanol–water partition coefficient (Wildman–Crippen LogP) is 2.94. The van der Waals surface area contributed by atoms with Gasteiger partial charge in [0.15, 0.2) is 0 Å². The number of hydrogen-bond acceptors (Lipinski definition) is 2. The van der Waals surface area contributed by atoms with Gasteiger partial charge in [0.05, 0.1) is 14.2 Å². The van der Waals surface area contributed by atoms with Gasteiger partial charge in [0.1, 0.15) is 5.82 Å². The van der Waals surface area contributed by atoms with Crippen LogP contribution in [0.3, 0.4) is 0 Å². The van der Waals surface area contributed by atoms with Crippen LogP contribution in [-0.2, 0) is 6.18 Å². The molecule has 0 aromatic carbocycles. The Kier molecular flexibility index (Phi) is 2.91. The minimum atomic E-state index is -4.50. The first-order valence-corrected chi connectivity index (χ1v) is 4.46. The molecule has 1 aromatic rings. The second kappa shape index (κ2) is 3.49. The third-order valence-corrected chi connectivity index (χ3v) is 2.66. The fourth-order valence-corrected chi connectivity index (χ4v) is 1.89. The number of nitrogens with zero attached hydrogens (tertiary/aromatic N) is 1. The van der Waals surface area contributed by atoms with Gasteiger partial charge in [-0.25, -0.2) is 4.98 Å². The highest BCUT2D eigenvalue weighted by Gasteiger charge is 2.36. The minimum Gasteiger partial charge on any atom is -0.383 e. The fourth-order valence-electron chi connectivity index (χ4n) is 0.740. The molecule has 1 heterocycles. The van der Waals surface area contributed by atoms with E-state index in [1.165, 1.54) is 22.6 Å². The number of nitrogens with two attached hydrogens (primary N) is 1. The maximum atomic E-state index is 12.3. The molecular weight excluding hydrogens is 319 g/mol. The molecule has 72 valence electrons. The molecule has 13 heavy (non-hydrogen) atoms. The zero-order chi connectivity index (χ0) is 10.2. The van der Waals surface area contributed by atoms with E-state index in [2.05, 4.69) is 4.98 Å². The van der Waals surface area contributed by atoms with Crippen LogP contribution in [0, 0.1) is 3.57 Å². The predicted molar refractivity (Wildman–Crippen MR) is 51.4 cm³/mol. The van der Waals surface area contributed by atoms with Crippen LogP contribution < -0.4 is 5.73 Å². The SMILES string of the molecule is Nc1ncc(Cl)c(C(F)(F)F)c1I. The Morgan fingerprint density at radius 3 is 2.38 bits per heavy atom. The smallest absolute Gasteiger partial charge is 0.383 e. The molecule has 7 heteroatoms. The van der Waals surface area contributed by atoms with Gasteiger partial charge in [-0.2, -0.15) is 13.2 Å². The van der Waals surface area contributed by atoms with Crippen LogP contribution in [0.25, 0.3) is 0 Å². The van der Waals surface area contributed by atoms with E-state index in [1.807, 2.05) is 0 Å². The van der Waals surface area contributed by atoms with Crippen molar-refractivity contribution in [2.24, 2.45) is 0 Å². The first-order valence-electron chi connectivity index (χ1n) is 3.00. The van der Waals surface area contributed by atoms with Gasteiger partial charge in [0.2, 0.25) is 0 Å². The molecule has 0 bridgehead atoms. The van der Waals surface area contributed by atoms with Crippen molar-refractivity contribution >= 4 is 40.0 Å². The average Bonchev–Trinajstić information content (AvgIpc) is 1.95. The number of pyridine rings is 1. The van der Waals surface area contributed by atoms with Crippen molar-refractivity contribution in [3.63, 3.8) is 0 Å². The summed E-state index contributed by atoms with van der Waals surface area (Å²) in [5.74, 6) is -0.169. The van der Waals surface area contributed by atoms with Crippen LogP contribution in [0.2, 0.25) is 5.02 Å². The fraction of sp³-hybridized carbons (Fsp3) is 0.167. The van der Waals surface area contributed by atoms with E-state index in [0.717, 1.165) is 6.20 Å². The summed E-state index contributed by atoms with van der Waals surface area (Å²) in [5.41, 5.74) is 4.28. The zero-order valence-electron chi connectivity index (χ0n) is 5.99. The van der Waals surface area contributed by atoms with E-state index in [4.69, 9.17) is 17.3 Å². The van der Waals surface area contributed by atoms with Crippen LogP contribution >= 0.6 is 34.2 Å². The highest BCUT2D eigenvalue weighted by Crippen LogP contribution is 2.38. The van der Waals surface area contributed by atoms with Crippen LogP contribution in [0.1, 0.15) is 5.56 Å². The van der Waals surface area contributed by atoms with Crippen molar-refractivity contribution in [3.8, 4) is 0 Å². The lowest BCUT2D eigenvalue weighted by Crippen LogP contribution is -2.11. The van der Waals surface area contributed by atoms with E-state index in [-0.39, 0.29) is 9.39 Å². The summed E-state index contributed by atoms with van der Waals surface area (Å²) in [6, 6.07) is 0. The molecule has 0 amide bonds. The Morgan fingerprint density at radius 1 is 1.46 bits per heavy atom. The normalized spacial score (nSPS) is 11.8. The summed E-state index contributed by atoms with van der Waals surface area (Å²) in [7, 11) is 0. The lowest BCUT2D eigenvalue weighted by molar-refractivity contribution is -0.138.